The minimum Gasteiger partial charge on any atom is -0.303 e. The molecule has 282 valence electrons. The molecule has 0 aliphatic carbocycles. The van der Waals surface area contributed by atoms with E-state index in [4.69, 9.17) is 20.4 Å². The van der Waals surface area contributed by atoms with Gasteiger partial charge in [0.2, 0.25) is 5.82 Å². The third kappa shape index (κ3) is 6.48. The van der Waals surface area contributed by atoms with E-state index >= 15 is 0 Å². The zero-order valence-corrected chi connectivity index (χ0v) is 32.4. The van der Waals surface area contributed by atoms with Crippen LogP contribution < -0.4 is 5.56 Å². The molecule has 0 aliphatic heterocycles. The first kappa shape index (κ1) is 36.3. The van der Waals surface area contributed by atoms with Crippen LogP contribution in [0, 0.1) is 0 Å². The Morgan fingerprint density at radius 1 is 0.603 bits per heavy atom. The summed E-state index contributed by atoms with van der Waals surface area (Å²) in [6, 6.07) is 55.5. The van der Waals surface area contributed by atoms with Gasteiger partial charge in [0, 0.05) is 45.9 Å². The molecule has 0 saturated heterocycles. The number of benzene rings is 5. The monoisotopic (exact) mass is 755 g/mol. The highest BCUT2D eigenvalue weighted by Crippen LogP contribution is 2.40. The molecule has 0 atom stereocenters. The predicted octanol–water partition coefficient (Wildman–Crippen LogP) is 9.79. The topological polar surface area (TPSA) is 91.4 Å². The van der Waals surface area contributed by atoms with Crippen LogP contribution in [0.3, 0.4) is 0 Å². The summed E-state index contributed by atoms with van der Waals surface area (Å²) in [7, 11) is 0. The molecule has 0 aliphatic rings. The largest absolute Gasteiger partial charge is 0.303 e. The molecule has 0 amide bonds. The summed E-state index contributed by atoms with van der Waals surface area (Å²) >= 11 is 0. The van der Waals surface area contributed by atoms with Gasteiger partial charge in [-0.15, -0.1) is 15.0 Å². The molecule has 4 aromatic heterocycles. The van der Waals surface area contributed by atoms with Gasteiger partial charge in [0.15, 0.2) is 5.54 Å². The first-order valence-electron chi connectivity index (χ1n) is 19.7. The molecule has 0 radical (unpaired) electrons. The second-order valence-electron chi connectivity index (χ2n) is 14.3. The van der Waals surface area contributed by atoms with Crippen molar-refractivity contribution >= 4 is 10.9 Å². The second kappa shape index (κ2) is 15.7. The maximum atomic E-state index is 14.3. The number of aryl methyl sites for hydroxylation is 2. The van der Waals surface area contributed by atoms with Crippen molar-refractivity contribution in [1.29, 1.82) is 0 Å². The van der Waals surface area contributed by atoms with Gasteiger partial charge in [0.05, 0.1) is 12.1 Å². The Hall–Kier alpha value is -7.32. The molecule has 8 heteroatoms. The Morgan fingerprint density at radius 2 is 1.22 bits per heavy atom. The smallest absolute Gasteiger partial charge is 0.259 e. The highest BCUT2D eigenvalue weighted by molar-refractivity contribution is 5.86. The van der Waals surface area contributed by atoms with Gasteiger partial charge in [-0.25, -0.2) is 0 Å². The van der Waals surface area contributed by atoms with Crippen molar-refractivity contribution in [3.63, 3.8) is 0 Å². The Labute approximate surface area is 337 Å². The van der Waals surface area contributed by atoms with E-state index in [9.17, 15) is 4.79 Å². The van der Waals surface area contributed by atoms with Crippen LogP contribution in [0.25, 0.3) is 44.5 Å². The van der Waals surface area contributed by atoms with Crippen molar-refractivity contribution in [2.24, 2.45) is 0 Å². The zero-order chi connectivity index (χ0) is 39.5. The molecule has 0 fully saturated rings. The normalized spacial score (nSPS) is 11.6. The summed E-state index contributed by atoms with van der Waals surface area (Å²) in [5.74, 6) is 0.518. The van der Waals surface area contributed by atoms with E-state index in [0.717, 1.165) is 79.6 Å². The van der Waals surface area contributed by atoms with Crippen molar-refractivity contribution in [2.45, 2.75) is 38.8 Å². The number of pyridine rings is 3. The number of tetrazole rings is 1. The van der Waals surface area contributed by atoms with Crippen LogP contribution in [0.15, 0.2) is 181 Å². The zero-order valence-electron chi connectivity index (χ0n) is 32.4. The van der Waals surface area contributed by atoms with Crippen LogP contribution in [-0.4, -0.2) is 34.7 Å². The van der Waals surface area contributed by atoms with E-state index in [1.165, 1.54) is 0 Å². The summed E-state index contributed by atoms with van der Waals surface area (Å²) in [6.45, 7) is 4.61. The second-order valence-corrected chi connectivity index (χ2v) is 14.3. The fourth-order valence-corrected chi connectivity index (χ4v) is 8.08. The van der Waals surface area contributed by atoms with Crippen molar-refractivity contribution < 1.29 is 0 Å². The van der Waals surface area contributed by atoms with Crippen LogP contribution in [0.5, 0.6) is 0 Å². The number of hydrogen-bond acceptors (Lipinski definition) is 6. The molecule has 9 aromatic rings. The standard InChI is InChI=1S/C50H41N7O/c1-3-41-31-47-45(46(4-2)52-41)32-44(37-17-16-30-51-33-37)49(58)56(47)34-35-26-28-36(29-27-35)42-24-14-15-25-43(42)48-53-55-57(54-48)50(38-18-8-5-9-19-38,39-20-10-6-11-21-39)40-22-12-7-13-23-40/h5-33H,3-4,34H2,1-2H3. The fraction of sp³-hybridized carbons (Fsp3) is 0.120. The molecule has 0 saturated carbocycles. The minimum atomic E-state index is -0.881. The van der Waals surface area contributed by atoms with Gasteiger partial charge in [-0.1, -0.05) is 159 Å². The lowest BCUT2D eigenvalue weighted by Gasteiger charge is -2.34. The fourth-order valence-electron chi connectivity index (χ4n) is 8.08. The highest BCUT2D eigenvalue weighted by atomic mass is 16.1. The SMILES string of the molecule is CCc1cc2c(cc(-c3cccnc3)c(=O)n2Cc2ccc(-c3ccccc3-c3nnn(C(c4ccccc4)(c4ccccc4)c4ccccc4)n3)cc2)c(CC)n1. The average molecular weight is 756 g/mol. The average Bonchev–Trinajstić information content (AvgIpc) is 3.79. The number of nitrogens with zero attached hydrogens (tertiary/aromatic N) is 7. The van der Waals surface area contributed by atoms with Crippen LogP contribution in [0.2, 0.25) is 0 Å². The Bertz CT molecular complexity index is 2790. The van der Waals surface area contributed by atoms with E-state index < -0.39 is 5.54 Å². The molecule has 58 heavy (non-hydrogen) atoms. The van der Waals surface area contributed by atoms with Crippen molar-refractivity contribution in [2.75, 3.05) is 0 Å². The first-order chi connectivity index (χ1) is 28.6. The Kier molecular flexibility index (Phi) is 9.81. The lowest BCUT2D eigenvalue weighted by atomic mass is 9.77. The van der Waals surface area contributed by atoms with Crippen molar-refractivity contribution in [3.05, 3.63) is 220 Å². The van der Waals surface area contributed by atoms with Crippen LogP contribution in [-0.2, 0) is 24.9 Å². The van der Waals surface area contributed by atoms with Crippen LogP contribution in [0.1, 0.15) is 47.5 Å². The van der Waals surface area contributed by atoms with Gasteiger partial charge in [-0.3, -0.25) is 14.8 Å². The molecule has 5 aromatic carbocycles. The molecule has 0 bridgehead atoms. The molecule has 8 nitrogen and oxygen atoms in total. The van der Waals surface area contributed by atoms with Gasteiger partial charge in [-0.05, 0) is 69.6 Å². The third-order valence-corrected chi connectivity index (χ3v) is 11.0. The van der Waals surface area contributed by atoms with Gasteiger partial charge < -0.3 is 4.57 Å². The summed E-state index contributed by atoms with van der Waals surface area (Å²) in [5, 5.41) is 15.7. The van der Waals surface area contributed by atoms with E-state index in [1.54, 1.807) is 17.2 Å². The quantitative estimate of drug-likeness (QED) is 0.122. The summed E-state index contributed by atoms with van der Waals surface area (Å²) in [6.07, 6.45) is 5.01. The van der Waals surface area contributed by atoms with E-state index in [2.05, 4.69) is 91.6 Å². The van der Waals surface area contributed by atoms with E-state index in [0.29, 0.717) is 17.9 Å². The Balaban J connectivity index is 1.12. The van der Waals surface area contributed by atoms with E-state index in [1.807, 2.05) is 95.6 Å². The number of hydrogen-bond donors (Lipinski definition) is 0. The predicted molar refractivity (Wildman–Crippen MR) is 230 cm³/mol. The summed E-state index contributed by atoms with van der Waals surface area (Å²) in [4.78, 5) is 25.3. The maximum absolute atomic E-state index is 14.3. The van der Waals surface area contributed by atoms with Crippen LogP contribution in [0.4, 0.5) is 0 Å². The first-order valence-corrected chi connectivity index (χ1v) is 19.7. The molecular formula is C50H41N7O. The molecule has 0 spiro atoms. The third-order valence-electron chi connectivity index (χ3n) is 11.0. The summed E-state index contributed by atoms with van der Waals surface area (Å²) in [5.41, 5.74) is 10.2. The van der Waals surface area contributed by atoms with E-state index in [-0.39, 0.29) is 5.56 Å². The summed E-state index contributed by atoms with van der Waals surface area (Å²) < 4.78 is 1.89. The highest BCUT2D eigenvalue weighted by Gasteiger charge is 2.41. The Morgan fingerprint density at radius 3 is 1.81 bits per heavy atom. The number of fused-ring (bicyclic) bond motifs is 1. The van der Waals surface area contributed by atoms with Gasteiger partial charge in [0.25, 0.3) is 5.56 Å². The van der Waals surface area contributed by atoms with Crippen molar-refractivity contribution in [3.8, 4) is 33.6 Å². The molecule has 9 rings (SSSR count). The van der Waals surface area contributed by atoms with Gasteiger partial charge in [0.1, 0.15) is 0 Å². The lowest BCUT2D eigenvalue weighted by molar-refractivity contribution is 0.396. The van der Waals surface area contributed by atoms with Crippen molar-refractivity contribution in [1.82, 2.24) is 34.7 Å². The van der Waals surface area contributed by atoms with Gasteiger partial charge in [-0.2, -0.15) is 0 Å². The molecule has 4 heterocycles. The van der Waals surface area contributed by atoms with Gasteiger partial charge >= 0.3 is 0 Å². The molecular weight excluding hydrogens is 715 g/mol. The number of aromatic nitrogens is 7. The number of rotatable bonds is 11. The minimum absolute atomic E-state index is 0.0584. The molecule has 0 N–H and O–H groups in total. The maximum Gasteiger partial charge on any atom is 0.259 e. The lowest BCUT2D eigenvalue weighted by Crippen LogP contribution is -2.39. The van der Waals surface area contributed by atoms with Crippen LogP contribution >= 0.6 is 0 Å². The molecule has 0 unspecified atom stereocenters.